The van der Waals surface area contributed by atoms with Crippen molar-refractivity contribution in [3.05, 3.63) is 98.2 Å². The van der Waals surface area contributed by atoms with Gasteiger partial charge in [0.1, 0.15) is 5.70 Å². The van der Waals surface area contributed by atoms with Gasteiger partial charge < -0.3 is 5.32 Å². The van der Waals surface area contributed by atoms with Gasteiger partial charge in [0.05, 0.1) is 11.3 Å². The van der Waals surface area contributed by atoms with Gasteiger partial charge in [0, 0.05) is 15.7 Å². The summed E-state index contributed by atoms with van der Waals surface area (Å²) in [6.07, 6.45) is 0. The number of imide groups is 1. The van der Waals surface area contributed by atoms with Crippen LogP contribution in [0.5, 0.6) is 0 Å². The van der Waals surface area contributed by atoms with E-state index in [1.54, 1.807) is 24.3 Å². The van der Waals surface area contributed by atoms with E-state index < -0.39 is 11.8 Å². The van der Waals surface area contributed by atoms with E-state index in [1.807, 2.05) is 58.0 Å². The van der Waals surface area contributed by atoms with Crippen molar-refractivity contribution in [1.29, 1.82) is 0 Å². The molecule has 1 heterocycles. The predicted molar refractivity (Wildman–Crippen MR) is 131 cm³/mol. The van der Waals surface area contributed by atoms with Gasteiger partial charge in [0.15, 0.2) is 0 Å². The number of halogens is 2. The molecule has 4 nitrogen and oxygen atoms in total. The van der Waals surface area contributed by atoms with Crippen LogP contribution in [0.4, 0.5) is 11.4 Å². The van der Waals surface area contributed by atoms with Crippen molar-refractivity contribution in [2.45, 2.75) is 27.7 Å². The molecule has 162 valence electrons. The summed E-state index contributed by atoms with van der Waals surface area (Å²) in [6, 6.07) is 16.3. The Balaban J connectivity index is 1.88. The maximum absolute atomic E-state index is 13.6. The number of anilines is 2. The first-order chi connectivity index (χ1) is 15.2. The van der Waals surface area contributed by atoms with E-state index in [4.69, 9.17) is 23.2 Å². The molecule has 0 radical (unpaired) electrons. The van der Waals surface area contributed by atoms with E-state index in [0.717, 1.165) is 22.3 Å². The van der Waals surface area contributed by atoms with Gasteiger partial charge in [-0.1, -0.05) is 53.5 Å². The third-order valence-corrected chi connectivity index (χ3v) is 6.38. The molecule has 6 heteroatoms. The number of hydrogen-bond donors (Lipinski definition) is 1. The minimum Gasteiger partial charge on any atom is -0.350 e. The molecule has 0 aromatic heterocycles. The number of nitrogens with one attached hydrogen (secondary N) is 1. The number of nitrogens with zero attached hydrogens (tertiary/aromatic N) is 1. The summed E-state index contributed by atoms with van der Waals surface area (Å²) >= 11 is 12.5. The number of carbonyl (C=O) groups is 2. The SMILES string of the molecule is Cc1ccc(C2=C(Nc3ccc(C)c(Cl)c3)C(=O)N(c3cc(Cl)ccc3C)C2=O)cc1C. The minimum atomic E-state index is -0.440. The normalized spacial score (nSPS) is 13.9. The van der Waals surface area contributed by atoms with Gasteiger partial charge in [-0.05, 0) is 79.8 Å². The molecule has 1 aliphatic rings. The molecule has 0 bridgehead atoms. The lowest BCUT2D eigenvalue weighted by Crippen LogP contribution is -2.33. The lowest BCUT2D eigenvalue weighted by molar-refractivity contribution is -0.120. The summed E-state index contributed by atoms with van der Waals surface area (Å²) in [4.78, 5) is 28.4. The van der Waals surface area contributed by atoms with Crippen molar-refractivity contribution in [2.24, 2.45) is 0 Å². The van der Waals surface area contributed by atoms with Crippen LogP contribution in [0.15, 0.2) is 60.3 Å². The molecule has 32 heavy (non-hydrogen) atoms. The second-order valence-corrected chi connectivity index (χ2v) is 8.86. The summed E-state index contributed by atoms with van der Waals surface area (Å²) in [7, 11) is 0. The fourth-order valence-electron chi connectivity index (χ4n) is 3.67. The summed E-state index contributed by atoms with van der Waals surface area (Å²) < 4.78 is 0. The summed E-state index contributed by atoms with van der Waals surface area (Å²) in [6.45, 7) is 7.73. The lowest BCUT2D eigenvalue weighted by atomic mass is 9.99. The number of hydrogen-bond acceptors (Lipinski definition) is 3. The molecule has 3 aromatic carbocycles. The van der Waals surface area contributed by atoms with E-state index in [1.165, 1.54) is 4.90 Å². The van der Waals surface area contributed by atoms with Gasteiger partial charge in [-0.3, -0.25) is 9.59 Å². The number of amides is 2. The van der Waals surface area contributed by atoms with Crippen molar-refractivity contribution < 1.29 is 9.59 Å². The van der Waals surface area contributed by atoms with Gasteiger partial charge in [-0.2, -0.15) is 0 Å². The van der Waals surface area contributed by atoms with Crippen molar-refractivity contribution in [1.82, 2.24) is 0 Å². The van der Waals surface area contributed by atoms with Gasteiger partial charge in [-0.15, -0.1) is 0 Å². The van der Waals surface area contributed by atoms with E-state index in [0.29, 0.717) is 32.6 Å². The number of aryl methyl sites for hydroxylation is 4. The number of carbonyl (C=O) groups excluding carboxylic acids is 2. The second-order valence-electron chi connectivity index (χ2n) is 8.01. The molecule has 0 unspecified atom stereocenters. The molecule has 1 aliphatic heterocycles. The van der Waals surface area contributed by atoms with Crippen LogP contribution in [0.1, 0.15) is 27.8 Å². The Morgan fingerprint density at radius 1 is 0.719 bits per heavy atom. The number of benzene rings is 3. The first-order valence-electron chi connectivity index (χ1n) is 10.2. The summed E-state index contributed by atoms with van der Waals surface area (Å²) in [5, 5.41) is 4.18. The fourth-order valence-corrected chi connectivity index (χ4v) is 4.01. The van der Waals surface area contributed by atoms with Crippen LogP contribution in [0.2, 0.25) is 10.0 Å². The average molecular weight is 465 g/mol. The zero-order valence-corrected chi connectivity index (χ0v) is 19.7. The molecule has 0 atom stereocenters. The summed E-state index contributed by atoms with van der Waals surface area (Å²) in [5.41, 5.74) is 6.12. The molecule has 0 aliphatic carbocycles. The highest BCUT2D eigenvalue weighted by Crippen LogP contribution is 2.37. The standard InChI is InChI=1S/C26H22Cl2N2O2/c1-14-5-8-18(11-17(14)4)23-24(29-20-10-7-15(2)21(28)13-20)26(32)30(25(23)31)22-12-19(27)9-6-16(22)3/h5-13,29H,1-4H3. The fraction of sp³-hybridized carbons (Fsp3) is 0.154. The van der Waals surface area contributed by atoms with Gasteiger partial charge in [-0.25, -0.2) is 4.90 Å². The zero-order chi connectivity index (χ0) is 23.2. The van der Waals surface area contributed by atoms with E-state index in [9.17, 15) is 9.59 Å². The quantitative estimate of drug-likeness (QED) is 0.441. The highest BCUT2D eigenvalue weighted by atomic mass is 35.5. The first-order valence-corrected chi connectivity index (χ1v) is 10.9. The topological polar surface area (TPSA) is 49.4 Å². The minimum absolute atomic E-state index is 0.206. The van der Waals surface area contributed by atoms with Crippen LogP contribution in [0.3, 0.4) is 0 Å². The van der Waals surface area contributed by atoms with Gasteiger partial charge >= 0.3 is 0 Å². The van der Waals surface area contributed by atoms with Crippen LogP contribution >= 0.6 is 23.2 Å². The Morgan fingerprint density at radius 3 is 2.09 bits per heavy atom. The number of rotatable bonds is 4. The molecule has 0 fully saturated rings. The maximum Gasteiger partial charge on any atom is 0.282 e. The highest BCUT2D eigenvalue weighted by Gasteiger charge is 2.41. The molecule has 0 spiro atoms. The molecule has 2 amide bonds. The van der Waals surface area contributed by atoms with Crippen LogP contribution in [0, 0.1) is 27.7 Å². The molecular formula is C26H22Cl2N2O2. The smallest absolute Gasteiger partial charge is 0.282 e. The Labute approximate surface area is 197 Å². The second kappa shape index (κ2) is 8.45. The Morgan fingerprint density at radius 2 is 1.41 bits per heavy atom. The van der Waals surface area contributed by atoms with Crippen molar-refractivity contribution in [3.8, 4) is 0 Å². The molecule has 0 saturated heterocycles. The van der Waals surface area contributed by atoms with Gasteiger partial charge in [0.25, 0.3) is 11.8 Å². The van der Waals surface area contributed by atoms with Crippen molar-refractivity contribution in [3.63, 3.8) is 0 Å². The average Bonchev–Trinajstić information content (AvgIpc) is 2.98. The van der Waals surface area contributed by atoms with Crippen LogP contribution in [-0.2, 0) is 9.59 Å². The Bertz CT molecular complexity index is 1310. The maximum atomic E-state index is 13.6. The van der Waals surface area contributed by atoms with Crippen LogP contribution in [-0.4, -0.2) is 11.8 Å². The largest absolute Gasteiger partial charge is 0.350 e. The molecule has 4 rings (SSSR count). The first kappa shape index (κ1) is 22.1. The predicted octanol–water partition coefficient (Wildman–Crippen LogP) is 6.62. The molecule has 1 N–H and O–H groups in total. The highest BCUT2D eigenvalue weighted by molar-refractivity contribution is 6.46. The zero-order valence-electron chi connectivity index (χ0n) is 18.2. The Kier molecular flexibility index (Phi) is 5.85. The third-order valence-electron chi connectivity index (χ3n) is 5.73. The Hall–Kier alpha value is -3.08. The van der Waals surface area contributed by atoms with Gasteiger partial charge in [0.2, 0.25) is 0 Å². The van der Waals surface area contributed by atoms with Crippen LogP contribution in [0.25, 0.3) is 5.57 Å². The molecule has 0 saturated carbocycles. The molecular weight excluding hydrogens is 443 g/mol. The van der Waals surface area contributed by atoms with Crippen LogP contribution < -0.4 is 10.2 Å². The van der Waals surface area contributed by atoms with E-state index >= 15 is 0 Å². The lowest BCUT2D eigenvalue weighted by Gasteiger charge is -2.18. The van der Waals surface area contributed by atoms with Crippen molar-refractivity contribution in [2.75, 3.05) is 10.2 Å². The van der Waals surface area contributed by atoms with E-state index in [2.05, 4.69) is 5.32 Å². The van der Waals surface area contributed by atoms with Crippen molar-refractivity contribution >= 4 is 52.0 Å². The monoisotopic (exact) mass is 464 g/mol. The molecule has 3 aromatic rings. The third kappa shape index (κ3) is 3.92. The van der Waals surface area contributed by atoms with E-state index in [-0.39, 0.29) is 5.70 Å². The summed E-state index contributed by atoms with van der Waals surface area (Å²) in [5.74, 6) is -0.838.